The molecule has 9 nitrogen and oxygen atoms in total. The molecular formula is C19H24N6O3S. The summed E-state index contributed by atoms with van der Waals surface area (Å²) in [6, 6.07) is 5.29. The first-order valence-corrected chi connectivity index (χ1v) is 10.4. The van der Waals surface area contributed by atoms with Gasteiger partial charge in [-0.15, -0.1) is 5.10 Å². The van der Waals surface area contributed by atoms with E-state index in [1.807, 2.05) is 32.9 Å². The number of esters is 1. The Morgan fingerprint density at radius 1 is 1.31 bits per heavy atom. The number of aromatic nitrogens is 4. The van der Waals surface area contributed by atoms with Gasteiger partial charge in [-0.2, -0.15) is 4.68 Å². The normalized spacial score (nSPS) is 16.4. The van der Waals surface area contributed by atoms with E-state index in [2.05, 4.69) is 32.2 Å². The molecule has 10 heteroatoms. The van der Waals surface area contributed by atoms with Crippen molar-refractivity contribution in [2.45, 2.75) is 45.3 Å². The summed E-state index contributed by atoms with van der Waals surface area (Å²) in [4.78, 5) is 24.5. The monoisotopic (exact) mass is 416 g/mol. The van der Waals surface area contributed by atoms with Gasteiger partial charge in [0.1, 0.15) is 0 Å². The van der Waals surface area contributed by atoms with Gasteiger partial charge in [-0.25, -0.2) is 9.59 Å². The second kappa shape index (κ2) is 9.08. The lowest BCUT2D eigenvalue weighted by atomic mass is 10.0. The third-order valence-electron chi connectivity index (χ3n) is 4.51. The minimum atomic E-state index is -0.434. The molecule has 1 atom stereocenters. The van der Waals surface area contributed by atoms with Gasteiger partial charge in [0.25, 0.3) is 0 Å². The molecule has 2 amide bonds. The number of rotatable bonds is 7. The Labute approximate surface area is 173 Å². The molecule has 0 bridgehead atoms. The second-order valence-electron chi connectivity index (χ2n) is 6.62. The first-order valence-electron chi connectivity index (χ1n) is 9.41. The molecule has 1 aliphatic heterocycles. The highest BCUT2D eigenvalue weighted by Crippen LogP contribution is 2.25. The highest BCUT2D eigenvalue weighted by atomic mass is 32.2. The van der Waals surface area contributed by atoms with E-state index < -0.39 is 12.0 Å². The SMILES string of the molecule is CCOC(=O)C1=C(CSc2nnnn2-c2ccc(C)cc2C)NC(=O)N[C@H]1CC. The fourth-order valence-corrected chi connectivity index (χ4v) is 4.03. The molecule has 29 heavy (non-hydrogen) atoms. The lowest BCUT2D eigenvalue weighted by molar-refractivity contribution is -0.139. The standard InChI is InChI=1S/C19H24N6O3S/c1-5-13-16(17(26)28-6-2)14(21-18(27)20-13)10-29-19-22-23-24-25(19)15-8-7-11(3)9-12(15)4/h7-9,13H,5-6,10H2,1-4H3,(H2,20,21,27)/t13-/m0/s1. The van der Waals surface area contributed by atoms with E-state index in [1.165, 1.54) is 11.8 Å². The molecular weight excluding hydrogens is 392 g/mol. The molecule has 0 fully saturated rings. The molecule has 0 unspecified atom stereocenters. The van der Waals surface area contributed by atoms with Crippen LogP contribution in [0, 0.1) is 13.8 Å². The maximum atomic E-state index is 12.5. The van der Waals surface area contributed by atoms with Gasteiger partial charge in [0.05, 0.1) is 23.9 Å². The van der Waals surface area contributed by atoms with Crippen LogP contribution in [0.5, 0.6) is 0 Å². The van der Waals surface area contributed by atoms with Crippen LogP contribution in [0.4, 0.5) is 4.79 Å². The summed E-state index contributed by atoms with van der Waals surface area (Å²) in [6.07, 6.45) is 0.579. The minimum absolute atomic E-state index is 0.262. The molecule has 0 aliphatic carbocycles. The number of hydrogen-bond donors (Lipinski definition) is 2. The highest BCUT2D eigenvalue weighted by molar-refractivity contribution is 7.99. The van der Waals surface area contributed by atoms with E-state index >= 15 is 0 Å². The summed E-state index contributed by atoms with van der Waals surface area (Å²) in [7, 11) is 0. The smallest absolute Gasteiger partial charge is 0.337 e. The van der Waals surface area contributed by atoms with Crippen molar-refractivity contribution >= 4 is 23.8 Å². The molecule has 2 N–H and O–H groups in total. The summed E-state index contributed by atoms with van der Waals surface area (Å²) in [5, 5.41) is 18.1. The van der Waals surface area contributed by atoms with Crippen molar-refractivity contribution in [2.24, 2.45) is 0 Å². The van der Waals surface area contributed by atoms with Crippen LogP contribution in [0.3, 0.4) is 0 Å². The van der Waals surface area contributed by atoms with Gasteiger partial charge in [0.15, 0.2) is 0 Å². The van der Waals surface area contributed by atoms with Gasteiger partial charge in [-0.3, -0.25) is 0 Å². The number of benzene rings is 1. The van der Waals surface area contributed by atoms with E-state index in [0.717, 1.165) is 16.8 Å². The van der Waals surface area contributed by atoms with Crippen LogP contribution in [0.15, 0.2) is 34.6 Å². The summed E-state index contributed by atoms with van der Waals surface area (Å²) in [6.45, 7) is 7.94. The van der Waals surface area contributed by atoms with E-state index in [4.69, 9.17) is 4.74 Å². The molecule has 1 aromatic heterocycles. The molecule has 0 saturated heterocycles. The Balaban J connectivity index is 1.88. The molecule has 2 heterocycles. The number of nitrogens with one attached hydrogen (secondary N) is 2. The lowest BCUT2D eigenvalue weighted by Crippen LogP contribution is -2.50. The van der Waals surface area contributed by atoms with Crippen LogP contribution < -0.4 is 10.6 Å². The zero-order chi connectivity index (χ0) is 21.0. The Hall–Kier alpha value is -2.88. The quantitative estimate of drug-likeness (QED) is 0.526. The predicted molar refractivity (Wildman–Crippen MR) is 109 cm³/mol. The van der Waals surface area contributed by atoms with Gasteiger partial charge in [0.2, 0.25) is 5.16 Å². The van der Waals surface area contributed by atoms with Crippen molar-refractivity contribution in [1.29, 1.82) is 0 Å². The second-order valence-corrected chi connectivity index (χ2v) is 7.57. The number of carbonyl (C=O) groups is 2. The molecule has 3 rings (SSSR count). The number of nitrogens with zero attached hydrogens (tertiary/aromatic N) is 4. The van der Waals surface area contributed by atoms with Crippen molar-refractivity contribution in [1.82, 2.24) is 30.8 Å². The van der Waals surface area contributed by atoms with Crippen LogP contribution in [0.2, 0.25) is 0 Å². The molecule has 0 spiro atoms. The minimum Gasteiger partial charge on any atom is -0.463 e. The van der Waals surface area contributed by atoms with Gasteiger partial charge in [-0.05, 0) is 49.2 Å². The number of amides is 2. The fraction of sp³-hybridized carbons (Fsp3) is 0.421. The Bertz CT molecular complexity index is 955. The third-order valence-corrected chi connectivity index (χ3v) is 5.46. The van der Waals surface area contributed by atoms with Gasteiger partial charge >= 0.3 is 12.0 Å². The summed E-state index contributed by atoms with van der Waals surface area (Å²) in [5.41, 5.74) is 4.03. The van der Waals surface area contributed by atoms with Crippen LogP contribution >= 0.6 is 11.8 Å². The molecule has 2 aromatic rings. The van der Waals surface area contributed by atoms with Crippen molar-refractivity contribution in [3.8, 4) is 5.69 Å². The average molecular weight is 417 g/mol. The number of hydrogen-bond acceptors (Lipinski definition) is 7. The van der Waals surface area contributed by atoms with Gasteiger partial charge in [-0.1, -0.05) is 36.4 Å². The number of urea groups is 1. The first kappa shape index (κ1) is 20.8. The van der Waals surface area contributed by atoms with E-state index in [1.54, 1.807) is 11.6 Å². The van der Waals surface area contributed by atoms with Crippen molar-refractivity contribution in [3.63, 3.8) is 0 Å². The summed E-state index contributed by atoms with van der Waals surface area (Å²) < 4.78 is 6.85. The molecule has 154 valence electrons. The highest BCUT2D eigenvalue weighted by Gasteiger charge is 2.31. The topological polar surface area (TPSA) is 111 Å². The van der Waals surface area contributed by atoms with Crippen LogP contribution in [0.1, 0.15) is 31.4 Å². The van der Waals surface area contributed by atoms with Crippen LogP contribution in [0.25, 0.3) is 5.69 Å². The number of aryl methyl sites for hydroxylation is 2. The van der Waals surface area contributed by atoms with Crippen molar-refractivity contribution < 1.29 is 14.3 Å². The van der Waals surface area contributed by atoms with Crippen LogP contribution in [-0.4, -0.2) is 50.6 Å². The predicted octanol–water partition coefficient (Wildman–Crippen LogP) is 2.28. The number of carbonyl (C=O) groups excluding carboxylic acids is 2. The Morgan fingerprint density at radius 3 is 2.79 bits per heavy atom. The van der Waals surface area contributed by atoms with E-state index in [-0.39, 0.29) is 12.6 Å². The zero-order valence-electron chi connectivity index (χ0n) is 16.9. The van der Waals surface area contributed by atoms with Crippen molar-refractivity contribution in [2.75, 3.05) is 12.4 Å². The Kier molecular flexibility index (Phi) is 6.53. The zero-order valence-corrected chi connectivity index (χ0v) is 17.7. The van der Waals surface area contributed by atoms with Gasteiger partial charge < -0.3 is 15.4 Å². The fourth-order valence-electron chi connectivity index (χ4n) is 3.18. The molecule has 1 aliphatic rings. The van der Waals surface area contributed by atoms with E-state index in [9.17, 15) is 9.59 Å². The van der Waals surface area contributed by atoms with Crippen molar-refractivity contribution in [3.05, 3.63) is 40.6 Å². The largest absolute Gasteiger partial charge is 0.463 e. The number of tetrazole rings is 1. The average Bonchev–Trinajstić information content (AvgIpc) is 3.14. The van der Waals surface area contributed by atoms with E-state index in [0.29, 0.717) is 28.6 Å². The van der Waals surface area contributed by atoms with Gasteiger partial charge in [0, 0.05) is 11.4 Å². The maximum absolute atomic E-state index is 12.5. The summed E-state index contributed by atoms with van der Waals surface area (Å²) >= 11 is 1.34. The lowest BCUT2D eigenvalue weighted by Gasteiger charge is -2.28. The molecule has 0 saturated carbocycles. The number of thioether (sulfide) groups is 1. The number of ether oxygens (including phenoxy) is 1. The van der Waals surface area contributed by atoms with Crippen LogP contribution in [-0.2, 0) is 9.53 Å². The third kappa shape index (κ3) is 4.58. The first-order chi connectivity index (χ1) is 13.9. The molecule has 1 aromatic carbocycles. The summed E-state index contributed by atoms with van der Waals surface area (Å²) in [5.74, 6) is -0.111. The molecule has 0 radical (unpaired) electrons. The maximum Gasteiger partial charge on any atom is 0.337 e. The Morgan fingerprint density at radius 2 is 2.10 bits per heavy atom.